The third kappa shape index (κ3) is 3.95. The van der Waals surface area contributed by atoms with E-state index in [1.165, 1.54) is 11.1 Å². The van der Waals surface area contributed by atoms with Crippen LogP contribution in [0.1, 0.15) is 23.1 Å². The Morgan fingerprint density at radius 3 is 2.68 bits per heavy atom. The molecule has 0 saturated carbocycles. The van der Waals surface area contributed by atoms with Crippen molar-refractivity contribution in [2.24, 2.45) is 4.99 Å². The highest BCUT2D eigenvalue weighted by molar-refractivity contribution is 6.31. The van der Waals surface area contributed by atoms with Crippen molar-refractivity contribution in [3.63, 3.8) is 0 Å². The Hall–Kier alpha value is -3.12. The molecule has 2 aromatic carbocycles. The van der Waals surface area contributed by atoms with Crippen molar-refractivity contribution in [3.05, 3.63) is 77.1 Å². The maximum Gasteiger partial charge on any atom is 0.109 e. The molecule has 1 aromatic heterocycles. The molecule has 0 N–H and O–H groups in total. The second kappa shape index (κ2) is 8.19. The zero-order valence-electron chi connectivity index (χ0n) is 17.6. The smallest absolute Gasteiger partial charge is 0.109 e. The highest BCUT2D eigenvalue weighted by Gasteiger charge is 2.24. The summed E-state index contributed by atoms with van der Waals surface area (Å²) in [5.74, 6) is 1.14. The van der Waals surface area contributed by atoms with Crippen LogP contribution < -0.4 is 0 Å². The van der Waals surface area contributed by atoms with Gasteiger partial charge in [0.05, 0.1) is 23.8 Å². The minimum absolute atomic E-state index is 0.739. The molecule has 5 rings (SSSR count). The molecule has 1 fully saturated rings. The first-order valence-corrected chi connectivity index (χ1v) is 11.0. The molecule has 0 bridgehead atoms. The van der Waals surface area contributed by atoms with Gasteiger partial charge in [-0.1, -0.05) is 35.9 Å². The number of aryl methyl sites for hydroxylation is 1. The van der Waals surface area contributed by atoms with Gasteiger partial charge in [0.25, 0.3) is 0 Å². The molecular weight excluding hydrogens is 408 g/mol. The van der Waals surface area contributed by atoms with E-state index < -0.39 is 0 Å². The van der Waals surface area contributed by atoms with E-state index in [0.29, 0.717) is 0 Å². The van der Waals surface area contributed by atoms with Gasteiger partial charge in [0, 0.05) is 48.9 Å². The molecule has 2 aliphatic heterocycles. The van der Waals surface area contributed by atoms with Crippen molar-refractivity contribution in [3.8, 4) is 5.69 Å². The van der Waals surface area contributed by atoms with Crippen LogP contribution in [0.25, 0.3) is 11.4 Å². The van der Waals surface area contributed by atoms with Gasteiger partial charge in [-0.2, -0.15) is 15.0 Å². The summed E-state index contributed by atoms with van der Waals surface area (Å²) in [4.78, 5) is 11.3. The molecule has 0 atom stereocenters. The lowest BCUT2D eigenvalue weighted by Crippen LogP contribution is -2.35. The molecule has 0 aliphatic carbocycles. The zero-order chi connectivity index (χ0) is 21.4. The predicted octanol–water partition coefficient (Wildman–Crippen LogP) is 4.49. The number of hydrogen-bond acceptors (Lipinski definition) is 5. The van der Waals surface area contributed by atoms with Crippen molar-refractivity contribution in [2.75, 3.05) is 26.2 Å². The van der Waals surface area contributed by atoms with E-state index >= 15 is 0 Å². The fourth-order valence-electron chi connectivity index (χ4n) is 4.33. The molecule has 0 unspecified atom stereocenters. The van der Waals surface area contributed by atoms with Gasteiger partial charge in [-0.25, -0.2) is 4.99 Å². The molecule has 0 radical (unpaired) electrons. The van der Waals surface area contributed by atoms with Gasteiger partial charge in [-0.05, 0) is 43.2 Å². The molecule has 1 saturated heterocycles. The first-order chi connectivity index (χ1) is 15.1. The highest BCUT2D eigenvalue weighted by Crippen LogP contribution is 2.31. The van der Waals surface area contributed by atoms with Crippen LogP contribution in [-0.2, 0) is 6.42 Å². The summed E-state index contributed by atoms with van der Waals surface area (Å²) in [6.07, 6.45) is 5.32. The molecular formula is C24H25ClN6. The summed E-state index contributed by atoms with van der Waals surface area (Å²) in [6.45, 7) is 10.3. The van der Waals surface area contributed by atoms with Crippen LogP contribution in [0.5, 0.6) is 0 Å². The van der Waals surface area contributed by atoms with Gasteiger partial charge in [0.15, 0.2) is 0 Å². The number of rotatable bonds is 3. The number of halogens is 1. The van der Waals surface area contributed by atoms with Crippen LogP contribution in [0.4, 0.5) is 5.69 Å². The van der Waals surface area contributed by atoms with E-state index in [1.807, 2.05) is 12.1 Å². The van der Waals surface area contributed by atoms with Crippen molar-refractivity contribution in [1.82, 2.24) is 24.8 Å². The number of aromatic nitrogens is 3. The number of hydrogen-bond donors (Lipinski definition) is 0. The van der Waals surface area contributed by atoms with Crippen LogP contribution in [0.15, 0.2) is 60.4 Å². The van der Waals surface area contributed by atoms with Crippen LogP contribution in [0, 0.1) is 6.92 Å². The van der Waals surface area contributed by atoms with Crippen LogP contribution in [0.3, 0.4) is 0 Å². The first-order valence-electron chi connectivity index (χ1n) is 10.6. The summed E-state index contributed by atoms with van der Waals surface area (Å²) in [6, 6.07) is 12.3. The van der Waals surface area contributed by atoms with Gasteiger partial charge in [0.2, 0.25) is 0 Å². The van der Waals surface area contributed by atoms with Crippen molar-refractivity contribution < 1.29 is 0 Å². The molecule has 7 heteroatoms. The lowest BCUT2D eigenvalue weighted by atomic mass is 10.1. The minimum Gasteiger partial charge on any atom is -0.370 e. The molecule has 3 heterocycles. The largest absolute Gasteiger partial charge is 0.370 e. The Labute approximate surface area is 187 Å². The van der Waals surface area contributed by atoms with Crippen molar-refractivity contribution >= 4 is 28.8 Å². The molecule has 3 aromatic rings. The van der Waals surface area contributed by atoms with Gasteiger partial charge >= 0.3 is 0 Å². The summed E-state index contributed by atoms with van der Waals surface area (Å²) in [7, 11) is 0. The fraction of sp³-hybridized carbons (Fsp3) is 0.292. The Morgan fingerprint density at radius 2 is 1.84 bits per heavy atom. The lowest BCUT2D eigenvalue weighted by molar-refractivity contribution is 0.396. The summed E-state index contributed by atoms with van der Waals surface area (Å²) < 4.78 is 0. The minimum atomic E-state index is 0.739. The predicted molar refractivity (Wildman–Crippen MR) is 125 cm³/mol. The van der Waals surface area contributed by atoms with Gasteiger partial charge in [0.1, 0.15) is 5.84 Å². The maximum absolute atomic E-state index is 6.15. The third-order valence-electron chi connectivity index (χ3n) is 5.99. The van der Waals surface area contributed by atoms with Gasteiger partial charge < -0.3 is 9.80 Å². The molecule has 6 nitrogen and oxygen atoms in total. The topological polar surface area (TPSA) is 49.6 Å². The average Bonchev–Trinajstić information content (AvgIpc) is 3.37. The van der Waals surface area contributed by atoms with Crippen LogP contribution in [0.2, 0.25) is 5.02 Å². The Balaban J connectivity index is 1.33. The van der Waals surface area contributed by atoms with E-state index in [2.05, 4.69) is 57.8 Å². The second-order valence-electron chi connectivity index (χ2n) is 8.09. The van der Waals surface area contributed by atoms with Crippen molar-refractivity contribution in [2.45, 2.75) is 19.8 Å². The number of benzene rings is 2. The van der Waals surface area contributed by atoms with Gasteiger partial charge in [-0.3, -0.25) is 0 Å². The Morgan fingerprint density at radius 1 is 1.00 bits per heavy atom. The fourth-order valence-corrected chi connectivity index (χ4v) is 4.50. The van der Waals surface area contributed by atoms with Crippen LogP contribution >= 0.6 is 11.6 Å². The van der Waals surface area contributed by atoms with E-state index in [0.717, 1.165) is 72.5 Å². The standard InChI is InChI=1S/C24H25ClN6/c1-17-4-7-23(31-26-8-9-27-31)21(14-17)18(2)29-10-3-11-30(13-12-29)24-15-19-5-6-20(25)16-22(19)28-24/h4-9,14,16H,2-3,10-13,15H2,1H3. The quantitative estimate of drug-likeness (QED) is 0.611. The summed E-state index contributed by atoms with van der Waals surface area (Å²) in [5, 5.41) is 9.39. The Bertz CT molecular complexity index is 1150. The van der Waals surface area contributed by atoms with E-state index in [1.54, 1.807) is 17.2 Å². The maximum atomic E-state index is 6.15. The normalized spacial score (nSPS) is 16.1. The molecule has 2 aliphatic rings. The SMILES string of the molecule is C=C(c1cc(C)ccc1-n1nccn1)N1CCCN(C2=Nc3cc(Cl)ccc3C2)CC1. The first kappa shape index (κ1) is 19.8. The summed E-state index contributed by atoms with van der Waals surface area (Å²) >= 11 is 6.15. The number of amidine groups is 1. The number of fused-ring (bicyclic) bond motifs is 1. The third-order valence-corrected chi connectivity index (χ3v) is 6.22. The molecule has 31 heavy (non-hydrogen) atoms. The monoisotopic (exact) mass is 432 g/mol. The van der Waals surface area contributed by atoms with Crippen molar-refractivity contribution in [1.29, 1.82) is 0 Å². The second-order valence-corrected chi connectivity index (χ2v) is 8.53. The van der Waals surface area contributed by atoms with E-state index in [4.69, 9.17) is 16.6 Å². The molecule has 0 spiro atoms. The molecule has 0 amide bonds. The molecule has 158 valence electrons. The van der Waals surface area contributed by atoms with E-state index in [-0.39, 0.29) is 0 Å². The highest BCUT2D eigenvalue weighted by atomic mass is 35.5. The number of aliphatic imine (C=N–C) groups is 1. The van der Waals surface area contributed by atoms with Crippen LogP contribution in [-0.4, -0.2) is 56.8 Å². The lowest BCUT2D eigenvalue weighted by Gasteiger charge is -2.27. The van der Waals surface area contributed by atoms with E-state index in [9.17, 15) is 0 Å². The zero-order valence-corrected chi connectivity index (χ0v) is 18.4. The number of nitrogens with zero attached hydrogens (tertiary/aromatic N) is 6. The van der Waals surface area contributed by atoms with Gasteiger partial charge in [-0.15, -0.1) is 0 Å². The Kier molecular flexibility index (Phi) is 5.24. The summed E-state index contributed by atoms with van der Waals surface area (Å²) in [5.41, 5.74) is 6.49. The average molecular weight is 433 g/mol.